The minimum absolute atomic E-state index is 0.209. The van der Waals surface area contributed by atoms with E-state index in [0.717, 1.165) is 6.54 Å². The van der Waals surface area contributed by atoms with Gasteiger partial charge in [-0.3, -0.25) is 4.68 Å². The number of aryl methyl sites for hydroxylation is 1. The van der Waals surface area contributed by atoms with Gasteiger partial charge in [0.2, 0.25) is 0 Å². The molecule has 0 aliphatic carbocycles. The molecule has 0 aromatic carbocycles. The SMILES string of the molecule is CC1(C)CCCn2nc(N=C=S)cc21. The molecule has 4 heteroatoms. The maximum Gasteiger partial charge on any atom is 0.184 e. The highest BCUT2D eigenvalue weighted by Gasteiger charge is 2.29. The first kappa shape index (κ1) is 9.56. The summed E-state index contributed by atoms with van der Waals surface area (Å²) in [5, 5.41) is 6.71. The van der Waals surface area contributed by atoms with Crippen LogP contribution in [0.15, 0.2) is 11.1 Å². The summed E-state index contributed by atoms with van der Waals surface area (Å²) in [6.45, 7) is 5.47. The standard InChI is InChI=1S/C10H13N3S/c1-10(2)4-3-5-13-8(10)6-9(12-13)11-7-14/h6H,3-5H2,1-2H3. The molecule has 0 radical (unpaired) electrons. The number of hydrogen-bond donors (Lipinski definition) is 0. The number of aliphatic imine (C=N–C) groups is 1. The molecule has 0 spiro atoms. The Morgan fingerprint density at radius 3 is 3.07 bits per heavy atom. The molecule has 0 fully saturated rings. The van der Waals surface area contributed by atoms with Crippen LogP contribution in [0.1, 0.15) is 32.4 Å². The Hall–Kier alpha value is -0.990. The van der Waals surface area contributed by atoms with Crippen LogP contribution in [0.2, 0.25) is 0 Å². The lowest BCUT2D eigenvalue weighted by atomic mass is 9.82. The summed E-state index contributed by atoms with van der Waals surface area (Å²) in [7, 11) is 0. The van der Waals surface area contributed by atoms with E-state index in [9.17, 15) is 0 Å². The Kier molecular flexibility index (Phi) is 2.25. The van der Waals surface area contributed by atoms with Crippen LogP contribution in [0.25, 0.3) is 0 Å². The highest BCUT2D eigenvalue weighted by Crippen LogP contribution is 2.34. The fourth-order valence-corrected chi connectivity index (χ4v) is 2.11. The van der Waals surface area contributed by atoms with Crippen molar-refractivity contribution in [2.24, 2.45) is 4.99 Å². The lowest BCUT2D eigenvalue weighted by Crippen LogP contribution is -2.27. The van der Waals surface area contributed by atoms with Gasteiger partial charge in [-0.05, 0) is 25.1 Å². The van der Waals surface area contributed by atoms with Gasteiger partial charge in [0.1, 0.15) is 0 Å². The molecule has 3 nitrogen and oxygen atoms in total. The molecule has 0 atom stereocenters. The molecule has 1 aliphatic rings. The van der Waals surface area contributed by atoms with E-state index in [0.29, 0.717) is 5.82 Å². The molecule has 0 amide bonds. The normalized spacial score (nSPS) is 18.4. The summed E-state index contributed by atoms with van der Waals surface area (Å²) in [4.78, 5) is 3.91. The summed E-state index contributed by atoms with van der Waals surface area (Å²) < 4.78 is 2.04. The fraction of sp³-hybridized carbons (Fsp3) is 0.600. The number of thiocarbonyl (C=S) groups is 1. The van der Waals surface area contributed by atoms with Gasteiger partial charge in [-0.15, -0.1) is 0 Å². The summed E-state index contributed by atoms with van der Waals surface area (Å²) in [5.41, 5.74) is 1.47. The van der Waals surface area contributed by atoms with Crippen LogP contribution in [-0.4, -0.2) is 14.9 Å². The maximum atomic E-state index is 4.57. The van der Waals surface area contributed by atoms with Crippen LogP contribution < -0.4 is 0 Å². The first-order chi connectivity index (χ1) is 6.63. The highest BCUT2D eigenvalue weighted by atomic mass is 32.1. The van der Waals surface area contributed by atoms with Gasteiger partial charge in [0.25, 0.3) is 0 Å². The Morgan fingerprint density at radius 1 is 1.64 bits per heavy atom. The van der Waals surface area contributed by atoms with E-state index >= 15 is 0 Å². The average molecular weight is 207 g/mol. The summed E-state index contributed by atoms with van der Waals surface area (Å²) in [6.07, 6.45) is 2.39. The maximum absolute atomic E-state index is 4.57. The molecule has 1 aromatic heterocycles. The minimum atomic E-state index is 0.209. The zero-order valence-electron chi connectivity index (χ0n) is 8.45. The molecule has 0 N–H and O–H groups in total. The lowest BCUT2D eigenvalue weighted by Gasteiger charge is -2.30. The number of fused-ring (bicyclic) bond motifs is 1. The number of isothiocyanates is 1. The van der Waals surface area contributed by atoms with Crippen molar-refractivity contribution in [1.82, 2.24) is 9.78 Å². The number of rotatable bonds is 1. The quantitative estimate of drug-likeness (QED) is 0.523. The van der Waals surface area contributed by atoms with Gasteiger partial charge in [0, 0.05) is 23.7 Å². The smallest absolute Gasteiger partial charge is 0.184 e. The van der Waals surface area contributed by atoms with Crippen molar-refractivity contribution in [2.45, 2.75) is 38.6 Å². The van der Waals surface area contributed by atoms with E-state index in [-0.39, 0.29) is 5.41 Å². The molecule has 14 heavy (non-hydrogen) atoms. The van der Waals surface area contributed by atoms with E-state index < -0.39 is 0 Å². The van der Waals surface area contributed by atoms with Crippen LogP contribution in [-0.2, 0) is 12.0 Å². The minimum Gasteiger partial charge on any atom is -0.267 e. The molecular weight excluding hydrogens is 194 g/mol. The molecule has 2 rings (SSSR count). The van der Waals surface area contributed by atoms with Gasteiger partial charge < -0.3 is 0 Å². The van der Waals surface area contributed by atoms with Gasteiger partial charge in [-0.2, -0.15) is 10.1 Å². The van der Waals surface area contributed by atoms with Gasteiger partial charge in [-0.1, -0.05) is 13.8 Å². The Labute approximate surface area is 88.8 Å². The molecular formula is C10H13N3S. The summed E-state index contributed by atoms with van der Waals surface area (Å²) in [6, 6.07) is 2.01. The topological polar surface area (TPSA) is 30.2 Å². The van der Waals surface area contributed by atoms with Crippen LogP contribution in [0.4, 0.5) is 5.82 Å². The second kappa shape index (κ2) is 3.30. The van der Waals surface area contributed by atoms with Crippen molar-refractivity contribution >= 4 is 23.2 Å². The lowest BCUT2D eigenvalue weighted by molar-refractivity contribution is 0.344. The van der Waals surface area contributed by atoms with Gasteiger partial charge in [0.15, 0.2) is 5.82 Å². The molecule has 2 heterocycles. The van der Waals surface area contributed by atoms with Crippen molar-refractivity contribution in [3.8, 4) is 0 Å². The largest absolute Gasteiger partial charge is 0.267 e. The van der Waals surface area contributed by atoms with Crippen molar-refractivity contribution in [3.05, 3.63) is 11.8 Å². The fourth-order valence-electron chi connectivity index (χ4n) is 2.02. The first-order valence-electron chi connectivity index (χ1n) is 4.80. The number of hydrogen-bond acceptors (Lipinski definition) is 3. The second-order valence-electron chi connectivity index (χ2n) is 4.30. The number of nitrogens with zero attached hydrogens (tertiary/aromatic N) is 3. The first-order valence-corrected chi connectivity index (χ1v) is 5.20. The van der Waals surface area contributed by atoms with Gasteiger partial charge in [0.05, 0.1) is 5.16 Å². The Morgan fingerprint density at radius 2 is 2.43 bits per heavy atom. The van der Waals surface area contributed by atoms with Crippen LogP contribution in [0.3, 0.4) is 0 Å². The molecule has 1 aliphatic heterocycles. The zero-order chi connectivity index (χ0) is 10.2. The van der Waals surface area contributed by atoms with E-state index in [1.54, 1.807) is 0 Å². The number of aromatic nitrogens is 2. The Balaban J connectivity index is 2.48. The van der Waals surface area contributed by atoms with E-state index in [2.05, 4.69) is 41.3 Å². The average Bonchev–Trinajstić information content (AvgIpc) is 2.49. The van der Waals surface area contributed by atoms with Crippen molar-refractivity contribution < 1.29 is 0 Å². The predicted octanol–water partition coefficient (Wildman–Crippen LogP) is 2.69. The monoisotopic (exact) mass is 207 g/mol. The predicted molar refractivity (Wildman–Crippen MR) is 59.2 cm³/mol. The molecule has 0 bridgehead atoms. The Bertz CT molecular complexity index is 399. The van der Waals surface area contributed by atoms with Crippen LogP contribution >= 0.6 is 12.2 Å². The van der Waals surface area contributed by atoms with Crippen LogP contribution in [0.5, 0.6) is 0 Å². The van der Waals surface area contributed by atoms with Crippen molar-refractivity contribution in [1.29, 1.82) is 0 Å². The second-order valence-corrected chi connectivity index (χ2v) is 4.48. The summed E-state index contributed by atoms with van der Waals surface area (Å²) >= 11 is 4.57. The van der Waals surface area contributed by atoms with Crippen molar-refractivity contribution in [3.63, 3.8) is 0 Å². The molecule has 1 aromatic rings. The third-order valence-electron chi connectivity index (χ3n) is 2.79. The van der Waals surface area contributed by atoms with E-state index in [1.807, 2.05) is 10.7 Å². The third kappa shape index (κ3) is 1.51. The van der Waals surface area contributed by atoms with Crippen LogP contribution in [0, 0.1) is 0 Å². The molecule has 0 saturated heterocycles. The highest BCUT2D eigenvalue weighted by molar-refractivity contribution is 7.78. The van der Waals surface area contributed by atoms with E-state index in [4.69, 9.17) is 0 Å². The molecule has 0 saturated carbocycles. The molecule has 0 unspecified atom stereocenters. The summed E-state index contributed by atoms with van der Waals surface area (Å²) in [5.74, 6) is 0.685. The van der Waals surface area contributed by atoms with Gasteiger partial charge >= 0.3 is 0 Å². The van der Waals surface area contributed by atoms with Gasteiger partial charge in [-0.25, -0.2) is 0 Å². The third-order valence-corrected chi connectivity index (χ3v) is 2.88. The zero-order valence-corrected chi connectivity index (χ0v) is 9.27. The van der Waals surface area contributed by atoms with E-state index in [1.165, 1.54) is 18.5 Å². The van der Waals surface area contributed by atoms with Crippen molar-refractivity contribution in [2.75, 3.05) is 0 Å². The molecule has 74 valence electrons.